The molecular formula is C8H5BrF4O3S. The van der Waals surface area contributed by atoms with Crippen LogP contribution >= 0.6 is 15.9 Å². The molecule has 17 heavy (non-hydrogen) atoms. The molecule has 1 aromatic rings. The lowest BCUT2D eigenvalue weighted by Gasteiger charge is -2.08. The third kappa shape index (κ3) is 3.65. The average molecular weight is 337 g/mol. The summed E-state index contributed by atoms with van der Waals surface area (Å²) in [5, 5.41) is 0. The Morgan fingerprint density at radius 2 is 1.88 bits per heavy atom. The van der Waals surface area contributed by atoms with E-state index in [0.29, 0.717) is 0 Å². The first-order valence-electron chi connectivity index (χ1n) is 4.03. The zero-order valence-corrected chi connectivity index (χ0v) is 10.4. The van der Waals surface area contributed by atoms with E-state index in [0.717, 1.165) is 18.2 Å². The average Bonchev–Trinajstić information content (AvgIpc) is 2.18. The maximum atomic E-state index is 12.8. The number of rotatable bonds is 3. The fourth-order valence-corrected chi connectivity index (χ4v) is 1.69. The van der Waals surface area contributed by atoms with Crippen molar-refractivity contribution in [3.05, 3.63) is 34.1 Å². The van der Waals surface area contributed by atoms with Gasteiger partial charge in [-0.05, 0) is 33.6 Å². The zero-order chi connectivity index (χ0) is 13.3. The molecule has 0 atom stereocenters. The molecule has 0 N–H and O–H groups in total. The first kappa shape index (κ1) is 14.4. The Bertz CT molecular complexity index is 512. The van der Waals surface area contributed by atoms with Crippen LogP contribution in [0.5, 0.6) is 0 Å². The first-order valence-corrected chi connectivity index (χ1v) is 6.23. The van der Waals surface area contributed by atoms with Crippen LogP contribution in [0.3, 0.4) is 0 Å². The van der Waals surface area contributed by atoms with Crippen LogP contribution in [0.4, 0.5) is 17.6 Å². The van der Waals surface area contributed by atoms with E-state index in [1.807, 2.05) is 0 Å². The number of alkyl halides is 3. The van der Waals surface area contributed by atoms with E-state index in [-0.39, 0.29) is 10.0 Å². The van der Waals surface area contributed by atoms with Gasteiger partial charge < -0.3 is 0 Å². The second kappa shape index (κ2) is 4.91. The highest BCUT2D eigenvalue weighted by Gasteiger charge is 2.47. The highest BCUT2D eigenvalue weighted by atomic mass is 79.9. The van der Waals surface area contributed by atoms with Crippen molar-refractivity contribution in [2.75, 3.05) is 0 Å². The van der Waals surface area contributed by atoms with Gasteiger partial charge in [0.1, 0.15) is 5.82 Å². The quantitative estimate of drug-likeness (QED) is 0.484. The van der Waals surface area contributed by atoms with Crippen molar-refractivity contribution in [1.82, 2.24) is 0 Å². The fourth-order valence-electron chi connectivity index (χ4n) is 0.842. The van der Waals surface area contributed by atoms with Gasteiger partial charge in [-0.3, -0.25) is 4.18 Å². The van der Waals surface area contributed by atoms with Crippen LogP contribution < -0.4 is 0 Å². The third-order valence-electron chi connectivity index (χ3n) is 1.65. The van der Waals surface area contributed by atoms with E-state index in [9.17, 15) is 26.0 Å². The summed E-state index contributed by atoms with van der Waals surface area (Å²) < 4.78 is 73.3. The predicted octanol–water partition coefficient (Wildman–Crippen LogP) is 2.95. The molecule has 0 spiro atoms. The largest absolute Gasteiger partial charge is 0.523 e. The molecule has 0 aliphatic carbocycles. The summed E-state index contributed by atoms with van der Waals surface area (Å²) in [7, 11) is -5.63. The molecule has 0 radical (unpaired) electrons. The van der Waals surface area contributed by atoms with Crippen molar-refractivity contribution >= 4 is 26.0 Å². The summed E-state index contributed by atoms with van der Waals surface area (Å²) in [6.07, 6.45) is 0. The van der Waals surface area contributed by atoms with E-state index in [1.54, 1.807) is 0 Å². The molecule has 9 heteroatoms. The molecule has 0 unspecified atom stereocenters. The third-order valence-corrected chi connectivity index (χ3v) is 3.25. The standard InChI is InChI=1S/C8H5BrF4O3S/c9-6-3-5(1-2-7(6)10)4-16-17(14,15)8(11,12)13/h1-3H,4H2. The van der Waals surface area contributed by atoms with E-state index in [1.165, 1.54) is 0 Å². The second-order valence-electron chi connectivity index (χ2n) is 2.91. The van der Waals surface area contributed by atoms with Crippen LogP contribution in [-0.2, 0) is 20.9 Å². The van der Waals surface area contributed by atoms with Gasteiger partial charge in [0.05, 0.1) is 11.1 Å². The van der Waals surface area contributed by atoms with Gasteiger partial charge in [0.25, 0.3) is 0 Å². The first-order chi connectivity index (χ1) is 7.63. The van der Waals surface area contributed by atoms with Crippen molar-refractivity contribution in [2.24, 2.45) is 0 Å². The lowest BCUT2D eigenvalue weighted by molar-refractivity contribution is -0.0547. The highest BCUT2D eigenvalue weighted by molar-refractivity contribution is 9.10. The van der Waals surface area contributed by atoms with Crippen molar-refractivity contribution in [1.29, 1.82) is 0 Å². The number of halogens is 5. The van der Waals surface area contributed by atoms with E-state index in [4.69, 9.17) is 0 Å². The Balaban J connectivity index is 2.78. The zero-order valence-electron chi connectivity index (χ0n) is 7.96. The van der Waals surface area contributed by atoms with E-state index >= 15 is 0 Å². The van der Waals surface area contributed by atoms with Crippen LogP contribution in [0.2, 0.25) is 0 Å². The number of benzene rings is 1. The number of hydrogen-bond donors (Lipinski definition) is 0. The van der Waals surface area contributed by atoms with Crippen molar-refractivity contribution in [3.8, 4) is 0 Å². The van der Waals surface area contributed by atoms with Crippen molar-refractivity contribution < 1.29 is 30.2 Å². The topological polar surface area (TPSA) is 43.4 Å². The summed E-state index contributed by atoms with van der Waals surface area (Å²) in [4.78, 5) is 0. The maximum Gasteiger partial charge on any atom is 0.523 e. The van der Waals surface area contributed by atoms with Gasteiger partial charge in [0.2, 0.25) is 0 Å². The van der Waals surface area contributed by atoms with Crippen molar-refractivity contribution in [3.63, 3.8) is 0 Å². The van der Waals surface area contributed by atoms with Crippen molar-refractivity contribution in [2.45, 2.75) is 12.1 Å². The van der Waals surface area contributed by atoms with Gasteiger partial charge in [0, 0.05) is 0 Å². The van der Waals surface area contributed by atoms with Crippen LogP contribution in [0.25, 0.3) is 0 Å². The molecule has 0 heterocycles. The molecule has 1 rings (SSSR count). The van der Waals surface area contributed by atoms with Gasteiger partial charge in [-0.25, -0.2) is 4.39 Å². The van der Waals surface area contributed by atoms with Gasteiger partial charge in [0.15, 0.2) is 0 Å². The van der Waals surface area contributed by atoms with Gasteiger partial charge in [-0.1, -0.05) is 6.07 Å². The maximum absolute atomic E-state index is 12.8. The molecule has 0 amide bonds. The Labute approximate surface area is 103 Å². The molecule has 3 nitrogen and oxygen atoms in total. The minimum Gasteiger partial charge on any atom is -0.258 e. The lowest BCUT2D eigenvalue weighted by Crippen LogP contribution is -2.25. The highest BCUT2D eigenvalue weighted by Crippen LogP contribution is 2.26. The molecule has 0 aromatic heterocycles. The normalized spacial score (nSPS) is 12.8. The Hall–Kier alpha value is -0.670. The van der Waals surface area contributed by atoms with E-state index in [2.05, 4.69) is 20.1 Å². The number of hydrogen-bond acceptors (Lipinski definition) is 3. The molecule has 0 fully saturated rings. The summed E-state index contributed by atoms with van der Waals surface area (Å²) >= 11 is 2.80. The molecule has 0 saturated carbocycles. The summed E-state index contributed by atoms with van der Waals surface area (Å²) in [5.74, 6) is -0.618. The smallest absolute Gasteiger partial charge is 0.258 e. The summed E-state index contributed by atoms with van der Waals surface area (Å²) in [6, 6.07) is 3.22. The summed E-state index contributed by atoms with van der Waals surface area (Å²) in [5.41, 5.74) is -5.38. The Morgan fingerprint density at radius 1 is 1.29 bits per heavy atom. The van der Waals surface area contributed by atoms with Gasteiger partial charge >= 0.3 is 15.6 Å². The van der Waals surface area contributed by atoms with Gasteiger partial charge in [-0.2, -0.15) is 21.6 Å². The van der Waals surface area contributed by atoms with E-state index < -0.39 is 28.1 Å². The monoisotopic (exact) mass is 336 g/mol. The van der Waals surface area contributed by atoms with Crippen LogP contribution in [0.1, 0.15) is 5.56 Å². The minimum atomic E-state index is -5.63. The SMILES string of the molecule is O=S(=O)(OCc1ccc(F)c(Br)c1)C(F)(F)F. The summed E-state index contributed by atoms with van der Waals surface area (Å²) in [6.45, 7) is -0.819. The van der Waals surface area contributed by atoms with Crippen LogP contribution in [0.15, 0.2) is 22.7 Å². The molecule has 0 bridgehead atoms. The fraction of sp³-hybridized carbons (Fsp3) is 0.250. The molecular weight excluding hydrogens is 332 g/mol. The second-order valence-corrected chi connectivity index (χ2v) is 5.37. The molecule has 0 aliphatic heterocycles. The molecule has 96 valence electrons. The predicted molar refractivity (Wildman–Crippen MR) is 53.9 cm³/mol. The lowest BCUT2D eigenvalue weighted by atomic mass is 10.2. The van der Waals surface area contributed by atoms with Gasteiger partial charge in [-0.15, -0.1) is 0 Å². The minimum absolute atomic E-state index is 0.00278. The Morgan fingerprint density at radius 3 is 2.35 bits per heavy atom. The molecule has 1 aromatic carbocycles. The van der Waals surface area contributed by atoms with Crippen LogP contribution in [-0.4, -0.2) is 13.9 Å². The molecule has 0 saturated heterocycles. The molecule has 0 aliphatic rings. The van der Waals surface area contributed by atoms with Crippen LogP contribution in [0, 0.1) is 5.82 Å². The Kier molecular flexibility index (Phi) is 4.15.